The molecule has 0 bridgehead atoms. The van der Waals surface area contributed by atoms with Crippen LogP contribution in [-0.2, 0) is 6.54 Å². The van der Waals surface area contributed by atoms with Crippen molar-refractivity contribution in [3.63, 3.8) is 0 Å². The van der Waals surface area contributed by atoms with Gasteiger partial charge in [-0.05, 0) is 48.5 Å². The van der Waals surface area contributed by atoms with Gasteiger partial charge in [-0.25, -0.2) is 14.0 Å². The first-order valence-corrected chi connectivity index (χ1v) is 10.4. The van der Waals surface area contributed by atoms with Crippen LogP contribution in [0, 0.1) is 0 Å². The van der Waals surface area contributed by atoms with E-state index in [2.05, 4.69) is 43.0 Å². The Kier molecular flexibility index (Phi) is 5.38. The smallest absolute Gasteiger partial charge is 0.350 e. The van der Waals surface area contributed by atoms with E-state index in [0.29, 0.717) is 17.6 Å². The van der Waals surface area contributed by atoms with Crippen molar-refractivity contribution in [3.05, 3.63) is 65.3 Å². The first kappa shape index (κ1) is 18.6. The van der Waals surface area contributed by atoms with Crippen LogP contribution in [0.4, 0.5) is 11.4 Å². The highest BCUT2D eigenvalue weighted by Gasteiger charge is 2.18. The van der Waals surface area contributed by atoms with Crippen LogP contribution in [-0.4, -0.2) is 51.0 Å². The molecule has 1 aliphatic rings. The summed E-state index contributed by atoms with van der Waals surface area (Å²) in [4.78, 5) is 17.0. The van der Waals surface area contributed by atoms with Crippen LogP contribution in [0.5, 0.6) is 5.75 Å². The van der Waals surface area contributed by atoms with Gasteiger partial charge in [0.05, 0.1) is 12.2 Å². The highest BCUT2D eigenvalue weighted by atomic mass is 79.9. The lowest BCUT2D eigenvalue weighted by Gasteiger charge is -2.37. The number of aromatic hydroxyl groups is 1. The van der Waals surface area contributed by atoms with Crippen molar-refractivity contribution in [2.45, 2.75) is 6.54 Å². The number of nitrogens with zero attached hydrogens (tertiary/aromatic N) is 5. The Morgan fingerprint density at radius 2 is 1.36 bits per heavy atom. The van der Waals surface area contributed by atoms with E-state index in [-0.39, 0.29) is 5.69 Å². The third-order valence-corrected chi connectivity index (χ3v) is 5.37. The molecule has 4 rings (SSSR count). The standard InChI is InChI=1S/C20H22BrN5O2/c21-9-10-26-20(28)25(15-22-26)18-3-1-16(2-4-18)23-11-13-24(14-12-23)17-5-7-19(27)8-6-17/h1-8,15,27H,9-14H2. The third-order valence-electron chi connectivity index (χ3n) is 5.02. The van der Waals surface area contributed by atoms with E-state index >= 15 is 0 Å². The summed E-state index contributed by atoms with van der Waals surface area (Å²) in [5.41, 5.74) is 2.97. The second kappa shape index (κ2) is 8.10. The molecule has 1 saturated heterocycles. The van der Waals surface area contributed by atoms with E-state index in [1.165, 1.54) is 4.68 Å². The van der Waals surface area contributed by atoms with Crippen molar-refractivity contribution in [1.29, 1.82) is 0 Å². The molecule has 146 valence electrons. The van der Waals surface area contributed by atoms with Gasteiger partial charge >= 0.3 is 5.69 Å². The summed E-state index contributed by atoms with van der Waals surface area (Å²) in [6, 6.07) is 15.4. The fraction of sp³-hybridized carbons (Fsp3) is 0.300. The number of aromatic nitrogens is 3. The van der Waals surface area contributed by atoms with Gasteiger partial charge in [0, 0.05) is 42.9 Å². The Labute approximate surface area is 171 Å². The summed E-state index contributed by atoms with van der Waals surface area (Å²) in [5, 5.41) is 14.3. The Morgan fingerprint density at radius 1 is 0.857 bits per heavy atom. The predicted octanol–water partition coefficient (Wildman–Crippen LogP) is 2.46. The van der Waals surface area contributed by atoms with Gasteiger partial charge in [-0.15, -0.1) is 0 Å². The van der Waals surface area contributed by atoms with E-state index in [4.69, 9.17) is 0 Å². The van der Waals surface area contributed by atoms with Crippen LogP contribution in [0.1, 0.15) is 0 Å². The molecule has 28 heavy (non-hydrogen) atoms. The monoisotopic (exact) mass is 443 g/mol. The lowest BCUT2D eigenvalue weighted by molar-refractivity contribution is 0.475. The first-order chi connectivity index (χ1) is 13.7. The maximum Gasteiger partial charge on any atom is 0.350 e. The Bertz CT molecular complexity index is 973. The van der Waals surface area contributed by atoms with Crippen molar-refractivity contribution in [2.75, 3.05) is 41.3 Å². The van der Waals surface area contributed by atoms with Gasteiger partial charge < -0.3 is 14.9 Å². The Hall–Kier alpha value is -2.74. The number of phenols is 1. The molecule has 0 amide bonds. The molecule has 8 heteroatoms. The molecule has 3 aromatic rings. The molecule has 1 fully saturated rings. The number of benzene rings is 2. The lowest BCUT2D eigenvalue weighted by Crippen LogP contribution is -2.46. The van der Waals surface area contributed by atoms with Crippen LogP contribution >= 0.6 is 15.9 Å². The average Bonchev–Trinajstić information content (AvgIpc) is 3.10. The van der Waals surface area contributed by atoms with Crippen molar-refractivity contribution < 1.29 is 5.11 Å². The topological polar surface area (TPSA) is 66.5 Å². The number of aryl methyl sites for hydroxylation is 1. The molecular weight excluding hydrogens is 422 g/mol. The largest absolute Gasteiger partial charge is 0.508 e. The second-order valence-corrected chi connectivity index (χ2v) is 7.50. The zero-order valence-corrected chi connectivity index (χ0v) is 17.0. The molecule has 1 aromatic heterocycles. The first-order valence-electron chi connectivity index (χ1n) is 9.25. The summed E-state index contributed by atoms with van der Waals surface area (Å²) >= 11 is 3.33. The summed E-state index contributed by atoms with van der Waals surface area (Å²) in [6.45, 7) is 4.23. The van der Waals surface area contributed by atoms with E-state index in [9.17, 15) is 9.90 Å². The number of alkyl halides is 1. The fourth-order valence-electron chi connectivity index (χ4n) is 3.46. The van der Waals surface area contributed by atoms with Gasteiger partial charge in [-0.3, -0.25) is 0 Å². The maximum absolute atomic E-state index is 12.3. The van der Waals surface area contributed by atoms with Crippen molar-refractivity contribution in [3.8, 4) is 11.4 Å². The van der Waals surface area contributed by atoms with Gasteiger partial charge in [0.25, 0.3) is 0 Å². The minimum absolute atomic E-state index is 0.130. The number of phenolic OH excluding ortho intramolecular Hbond substituents is 1. The van der Waals surface area contributed by atoms with Gasteiger partial charge in [0.2, 0.25) is 0 Å². The third kappa shape index (κ3) is 3.77. The van der Waals surface area contributed by atoms with E-state index in [1.54, 1.807) is 23.0 Å². The maximum atomic E-state index is 12.3. The fourth-order valence-corrected chi connectivity index (χ4v) is 3.79. The Morgan fingerprint density at radius 3 is 1.89 bits per heavy atom. The summed E-state index contributed by atoms with van der Waals surface area (Å²) in [7, 11) is 0. The number of rotatable bonds is 5. The van der Waals surface area contributed by atoms with Gasteiger partial charge in [0.15, 0.2) is 0 Å². The molecule has 0 saturated carbocycles. The van der Waals surface area contributed by atoms with Gasteiger partial charge in [-0.2, -0.15) is 5.10 Å². The number of hydrogen-bond acceptors (Lipinski definition) is 5. The van der Waals surface area contributed by atoms with E-state index in [0.717, 1.165) is 43.2 Å². The van der Waals surface area contributed by atoms with Crippen molar-refractivity contribution in [2.24, 2.45) is 0 Å². The molecule has 0 unspecified atom stereocenters. The average molecular weight is 444 g/mol. The molecule has 7 nitrogen and oxygen atoms in total. The summed E-state index contributed by atoms with van der Waals surface area (Å²) in [5.74, 6) is 0.291. The minimum Gasteiger partial charge on any atom is -0.508 e. The molecule has 0 aliphatic carbocycles. The summed E-state index contributed by atoms with van der Waals surface area (Å²) < 4.78 is 3.01. The zero-order valence-electron chi connectivity index (χ0n) is 15.4. The van der Waals surface area contributed by atoms with Crippen LogP contribution < -0.4 is 15.5 Å². The lowest BCUT2D eigenvalue weighted by atomic mass is 10.2. The van der Waals surface area contributed by atoms with Crippen molar-refractivity contribution in [1.82, 2.24) is 14.3 Å². The van der Waals surface area contributed by atoms with E-state index in [1.807, 2.05) is 24.3 Å². The Balaban J connectivity index is 1.42. The molecule has 2 aromatic carbocycles. The SMILES string of the molecule is O=c1n(-c2ccc(N3CCN(c4ccc(O)cc4)CC3)cc2)cnn1CCBr. The summed E-state index contributed by atoms with van der Waals surface area (Å²) in [6.07, 6.45) is 1.57. The van der Waals surface area contributed by atoms with Gasteiger partial charge in [0.1, 0.15) is 12.1 Å². The number of halogens is 1. The normalized spacial score (nSPS) is 14.5. The second-order valence-electron chi connectivity index (χ2n) is 6.70. The number of anilines is 2. The quantitative estimate of drug-likeness (QED) is 0.613. The molecule has 1 aliphatic heterocycles. The number of piperazine rings is 1. The number of hydrogen-bond donors (Lipinski definition) is 1. The van der Waals surface area contributed by atoms with Gasteiger partial charge in [-0.1, -0.05) is 15.9 Å². The van der Waals surface area contributed by atoms with Crippen LogP contribution in [0.2, 0.25) is 0 Å². The van der Waals surface area contributed by atoms with Crippen molar-refractivity contribution >= 4 is 27.3 Å². The molecule has 2 heterocycles. The molecule has 0 atom stereocenters. The molecule has 0 spiro atoms. The predicted molar refractivity (Wildman–Crippen MR) is 114 cm³/mol. The molecular formula is C20H22BrN5O2. The van der Waals surface area contributed by atoms with Crippen LogP contribution in [0.15, 0.2) is 59.7 Å². The molecule has 1 N–H and O–H groups in total. The van der Waals surface area contributed by atoms with E-state index < -0.39 is 0 Å². The molecule has 0 radical (unpaired) electrons. The highest BCUT2D eigenvalue weighted by Crippen LogP contribution is 2.23. The highest BCUT2D eigenvalue weighted by molar-refractivity contribution is 9.09. The zero-order chi connectivity index (χ0) is 19.5. The minimum atomic E-state index is -0.130. The van der Waals surface area contributed by atoms with Crippen LogP contribution in [0.3, 0.4) is 0 Å². The van der Waals surface area contributed by atoms with Crippen LogP contribution in [0.25, 0.3) is 5.69 Å².